The standard InChI is InChI=1S/C11H14F3N5O/c1-19-5-6(2-3-9(19)20)16-8-4-7(11(12,13)14)17-10(15)18-8/h4,6H,2-3,5H2,1H3,(H3,15,16,17,18). The summed E-state index contributed by atoms with van der Waals surface area (Å²) in [7, 11) is 1.64. The van der Waals surface area contributed by atoms with E-state index in [1.807, 2.05) is 0 Å². The summed E-state index contributed by atoms with van der Waals surface area (Å²) in [6.07, 6.45) is -3.69. The van der Waals surface area contributed by atoms with Gasteiger partial charge in [0.05, 0.1) is 0 Å². The molecule has 3 N–H and O–H groups in total. The van der Waals surface area contributed by atoms with Gasteiger partial charge in [-0.25, -0.2) is 4.98 Å². The van der Waals surface area contributed by atoms with Gasteiger partial charge >= 0.3 is 6.18 Å². The number of anilines is 2. The number of nitrogens with two attached hydrogens (primary N) is 1. The van der Waals surface area contributed by atoms with E-state index in [-0.39, 0.29) is 17.8 Å². The Labute approximate surface area is 113 Å². The Balaban J connectivity index is 2.14. The van der Waals surface area contributed by atoms with Crippen molar-refractivity contribution in [3.8, 4) is 0 Å². The number of nitrogens with zero attached hydrogens (tertiary/aromatic N) is 3. The lowest BCUT2D eigenvalue weighted by Gasteiger charge is -2.30. The zero-order valence-electron chi connectivity index (χ0n) is 10.7. The molecule has 0 bridgehead atoms. The van der Waals surface area contributed by atoms with Crippen LogP contribution in [-0.2, 0) is 11.0 Å². The van der Waals surface area contributed by atoms with E-state index < -0.39 is 17.8 Å². The number of likely N-dealkylation sites (N-methyl/N-ethyl adjacent to an activating group) is 1. The number of alkyl halides is 3. The van der Waals surface area contributed by atoms with Gasteiger partial charge in [-0.15, -0.1) is 0 Å². The van der Waals surface area contributed by atoms with Crippen LogP contribution in [0.3, 0.4) is 0 Å². The Bertz CT molecular complexity index is 519. The number of rotatable bonds is 2. The fourth-order valence-electron chi connectivity index (χ4n) is 2.02. The minimum absolute atomic E-state index is 0.0116. The van der Waals surface area contributed by atoms with Crippen LogP contribution in [0, 0.1) is 0 Å². The molecule has 1 aromatic heterocycles. The third kappa shape index (κ3) is 3.28. The van der Waals surface area contributed by atoms with Crippen LogP contribution in [0.4, 0.5) is 24.9 Å². The number of carbonyl (C=O) groups is 1. The third-order valence-electron chi connectivity index (χ3n) is 3.01. The number of amides is 1. The van der Waals surface area contributed by atoms with Crippen molar-refractivity contribution in [1.82, 2.24) is 14.9 Å². The van der Waals surface area contributed by atoms with Gasteiger partial charge in [-0.2, -0.15) is 18.2 Å². The Kier molecular flexibility index (Phi) is 3.69. The number of hydrogen-bond donors (Lipinski definition) is 2. The molecule has 1 saturated heterocycles. The van der Waals surface area contributed by atoms with Crippen molar-refractivity contribution in [2.24, 2.45) is 0 Å². The highest BCUT2D eigenvalue weighted by atomic mass is 19.4. The maximum Gasteiger partial charge on any atom is 0.433 e. The fourth-order valence-corrected chi connectivity index (χ4v) is 2.02. The molecular weight excluding hydrogens is 275 g/mol. The van der Waals surface area contributed by atoms with Gasteiger partial charge in [0, 0.05) is 32.1 Å². The Morgan fingerprint density at radius 1 is 1.45 bits per heavy atom. The lowest BCUT2D eigenvalue weighted by molar-refractivity contribution is -0.141. The zero-order valence-corrected chi connectivity index (χ0v) is 10.7. The fraction of sp³-hybridized carbons (Fsp3) is 0.545. The molecule has 0 radical (unpaired) electrons. The van der Waals surface area contributed by atoms with Gasteiger partial charge in [0.1, 0.15) is 5.82 Å². The molecule has 2 rings (SSSR count). The van der Waals surface area contributed by atoms with Crippen molar-refractivity contribution in [2.75, 3.05) is 24.6 Å². The first-order valence-corrected chi connectivity index (χ1v) is 5.98. The number of likely N-dealkylation sites (tertiary alicyclic amines) is 1. The maximum absolute atomic E-state index is 12.6. The van der Waals surface area contributed by atoms with E-state index in [9.17, 15) is 18.0 Å². The van der Waals surface area contributed by atoms with Crippen molar-refractivity contribution >= 4 is 17.7 Å². The SMILES string of the molecule is CN1CC(Nc2cc(C(F)(F)F)nc(N)n2)CCC1=O. The van der Waals surface area contributed by atoms with Crippen LogP contribution in [0.25, 0.3) is 0 Å². The molecule has 1 atom stereocenters. The summed E-state index contributed by atoms with van der Waals surface area (Å²) < 4.78 is 37.8. The van der Waals surface area contributed by atoms with Crippen LogP contribution in [-0.4, -0.2) is 40.4 Å². The molecule has 9 heteroatoms. The predicted molar refractivity (Wildman–Crippen MR) is 65.7 cm³/mol. The average Bonchev–Trinajstić information content (AvgIpc) is 2.32. The molecule has 2 heterocycles. The van der Waals surface area contributed by atoms with Crippen LogP contribution in [0.2, 0.25) is 0 Å². The Morgan fingerprint density at radius 3 is 2.75 bits per heavy atom. The van der Waals surface area contributed by atoms with Gasteiger partial charge in [-0.3, -0.25) is 4.79 Å². The van der Waals surface area contributed by atoms with Crippen LogP contribution >= 0.6 is 0 Å². The van der Waals surface area contributed by atoms with Crippen molar-refractivity contribution in [3.63, 3.8) is 0 Å². The number of nitrogens with one attached hydrogen (secondary N) is 1. The monoisotopic (exact) mass is 289 g/mol. The molecule has 110 valence electrons. The summed E-state index contributed by atoms with van der Waals surface area (Å²) in [4.78, 5) is 19.8. The molecule has 1 amide bonds. The van der Waals surface area contributed by atoms with Gasteiger partial charge < -0.3 is 16.0 Å². The van der Waals surface area contributed by atoms with Gasteiger partial charge in [0.15, 0.2) is 5.69 Å². The first kappa shape index (κ1) is 14.4. The highest BCUT2D eigenvalue weighted by molar-refractivity contribution is 5.77. The zero-order chi connectivity index (χ0) is 14.9. The second-order valence-electron chi connectivity index (χ2n) is 4.65. The molecule has 1 aliphatic heterocycles. The molecule has 1 unspecified atom stereocenters. The van der Waals surface area contributed by atoms with E-state index in [0.717, 1.165) is 6.07 Å². The summed E-state index contributed by atoms with van der Waals surface area (Å²) in [6.45, 7) is 0.407. The molecule has 1 fully saturated rings. The van der Waals surface area contributed by atoms with Gasteiger partial charge in [-0.05, 0) is 6.42 Å². The summed E-state index contributed by atoms with van der Waals surface area (Å²) in [5.41, 5.74) is 4.19. The first-order valence-electron chi connectivity index (χ1n) is 5.98. The van der Waals surface area contributed by atoms with Crippen LogP contribution in [0.1, 0.15) is 18.5 Å². The lowest BCUT2D eigenvalue weighted by Crippen LogP contribution is -2.43. The summed E-state index contributed by atoms with van der Waals surface area (Å²) in [5.74, 6) is -0.415. The van der Waals surface area contributed by atoms with E-state index in [0.29, 0.717) is 19.4 Å². The van der Waals surface area contributed by atoms with E-state index in [4.69, 9.17) is 5.73 Å². The summed E-state index contributed by atoms with van der Waals surface area (Å²) in [5, 5.41) is 2.86. The van der Waals surface area contributed by atoms with E-state index in [2.05, 4.69) is 15.3 Å². The average molecular weight is 289 g/mol. The first-order chi connectivity index (χ1) is 9.25. The largest absolute Gasteiger partial charge is 0.433 e. The van der Waals surface area contributed by atoms with E-state index >= 15 is 0 Å². The second kappa shape index (κ2) is 5.14. The second-order valence-corrected chi connectivity index (χ2v) is 4.65. The number of halogens is 3. The van der Waals surface area contributed by atoms with Crippen molar-refractivity contribution in [1.29, 1.82) is 0 Å². The topological polar surface area (TPSA) is 84.1 Å². The number of piperidine rings is 1. The Hall–Kier alpha value is -2.06. The molecule has 6 nitrogen and oxygen atoms in total. The third-order valence-corrected chi connectivity index (χ3v) is 3.01. The number of hydrogen-bond acceptors (Lipinski definition) is 5. The lowest BCUT2D eigenvalue weighted by atomic mass is 10.1. The van der Waals surface area contributed by atoms with Crippen LogP contribution in [0.15, 0.2) is 6.07 Å². The molecule has 0 saturated carbocycles. The van der Waals surface area contributed by atoms with Crippen LogP contribution in [0.5, 0.6) is 0 Å². The highest BCUT2D eigenvalue weighted by Gasteiger charge is 2.34. The molecule has 0 aromatic carbocycles. The minimum Gasteiger partial charge on any atom is -0.368 e. The normalized spacial score (nSPS) is 20.1. The van der Waals surface area contributed by atoms with Gasteiger partial charge in [-0.1, -0.05) is 0 Å². The molecule has 1 aliphatic rings. The maximum atomic E-state index is 12.6. The smallest absolute Gasteiger partial charge is 0.368 e. The van der Waals surface area contributed by atoms with E-state index in [1.165, 1.54) is 4.90 Å². The van der Waals surface area contributed by atoms with Gasteiger partial charge in [0.25, 0.3) is 0 Å². The van der Waals surface area contributed by atoms with E-state index in [1.54, 1.807) is 7.05 Å². The Morgan fingerprint density at radius 2 is 2.15 bits per heavy atom. The quantitative estimate of drug-likeness (QED) is 0.852. The molecule has 0 spiro atoms. The number of aromatic nitrogens is 2. The highest BCUT2D eigenvalue weighted by Crippen LogP contribution is 2.29. The number of carbonyl (C=O) groups excluding carboxylic acids is 1. The summed E-state index contributed by atoms with van der Waals surface area (Å²) >= 11 is 0. The molecule has 1 aromatic rings. The van der Waals surface area contributed by atoms with Crippen LogP contribution < -0.4 is 11.1 Å². The van der Waals surface area contributed by atoms with Crippen molar-refractivity contribution in [3.05, 3.63) is 11.8 Å². The van der Waals surface area contributed by atoms with Gasteiger partial charge in [0.2, 0.25) is 11.9 Å². The molecule has 0 aliphatic carbocycles. The molecular formula is C11H14F3N5O. The molecule has 20 heavy (non-hydrogen) atoms. The van der Waals surface area contributed by atoms with Crippen molar-refractivity contribution in [2.45, 2.75) is 25.1 Å². The summed E-state index contributed by atoms with van der Waals surface area (Å²) in [6, 6.07) is 0.653. The predicted octanol–water partition coefficient (Wildman–Crippen LogP) is 1.11. The number of nitrogen functional groups attached to an aromatic ring is 1. The minimum atomic E-state index is -4.58. The van der Waals surface area contributed by atoms with Crippen molar-refractivity contribution < 1.29 is 18.0 Å².